The van der Waals surface area contributed by atoms with Crippen molar-refractivity contribution in [3.63, 3.8) is 0 Å². The van der Waals surface area contributed by atoms with Gasteiger partial charge in [0.2, 0.25) is 0 Å². The Labute approximate surface area is 465 Å². The molecule has 0 saturated carbocycles. The molecule has 0 aliphatic heterocycles. The van der Waals surface area contributed by atoms with E-state index in [9.17, 15) is 14.4 Å². The van der Waals surface area contributed by atoms with Crippen molar-refractivity contribution in [3.05, 3.63) is 85.1 Å². The minimum Gasteiger partial charge on any atom is -0.462 e. The van der Waals surface area contributed by atoms with Crippen molar-refractivity contribution in [1.29, 1.82) is 0 Å². The van der Waals surface area contributed by atoms with E-state index in [2.05, 4.69) is 106 Å². The number of carbonyl (C=O) groups excluding carboxylic acids is 3. The second-order valence-corrected chi connectivity index (χ2v) is 21.3. The summed E-state index contributed by atoms with van der Waals surface area (Å²) < 4.78 is 16.9. The van der Waals surface area contributed by atoms with Gasteiger partial charge in [-0.2, -0.15) is 0 Å². The third kappa shape index (κ3) is 61.3. The molecule has 0 radical (unpaired) electrons. The average molecular weight is 1050 g/mol. The highest BCUT2D eigenvalue weighted by atomic mass is 16.6. The minimum atomic E-state index is -0.801. The Morgan fingerprint density at radius 2 is 0.520 bits per heavy atom. The summed E-state index contributed by atoms with van der Waals surface area (Å²) in [6.45, 7) is 6.48. The van der Waals surface area contributed by atoms with Gasteiger partial charge >= 0.3 is 17.9 Å². The van der Waals surface area contributed by atoms with Gasteiger partial charge in [0, 0.05) is 19.3 Å². The summed E-state index contributed by atoms with van der Waals surface area (Å²) in [5, 5.41) is 0. The number of esters is 3. The lowest BCUT2D eigenvalue weighted by Gasteiger charge is -2.18. The molecule has 6 heteroatoms. The second kappa shape index (κ2) is 63.1. The summed E-state index contributed by atoms with van der Waals surface area (Å²) in [5.41, 5.74) is 0. The van der Waals surface area contributed by atoms with Gasteiger partial charge in [-0.3, -0.25) is 14.4 Å². The standard InChI is InChI=1S/C69H120O6/c1-4-7-10-13-16-19-22-25-27-28-29-30-31-32-33-34-35-36-37-38-39-40-42-44-47-50-53-56-59-62-68(71)74-65-66(64-73-67(70)61-58-55-52-49-46-43-24-21-18-15-12-9-6-3)75-69(72)63-60-57-54-51-48-45-41-26-23-20-17-14-11-8-5-2/h8,11,17,20-22,24-26,28-29,41,48,51,66H,4-7,9-10,12-16,18-19,23,27,30-40,42-47,49-50,52-65H2,1-3H3/b11-8-,20-17-,24-21-,25-22-,29-28-,41-26-,51-48-. The van der Waals surface area contributed by atoms with E-state index in [0.29, 0.717) is 19.3 Å². The fraction of sp³-hybridized carbons (Fsp3) is 0.754. The van der Waals surface area contributed by atoms with Crippen LogP contribution in [0.2, 0.25) is 0 Å². The van der Waals surface area contributed by atoms with Gasteiger partial charge in [0.05, 0.1) is 0 Å². The van der Waals surface area contributed by atoms with Crippen LogP contribution in [0.3, 0.4) is 0 Å². The van der Waals surface area contributed by atoms with Crippen molar-refractivity contribution in [2.75, 3.05) is 13.2 Å². The summed E-state index contributed by atoms with van der Waals surface area (Å²) in [6.07, 6.45) is 83.2. The second-order valence-electron chi connectivity index (χ2n) is 21.3. The summed E-state index contributed by atoms with van der Waals surface area (Å²) in [5.74, 6) is -0.935. The first-order valence-electron chi connectivity index (χ1n) is 32.1. The number of hydrogen-bond acceptors (Lipinski definition) is 6. The maximum absolute atomic E-state index is 12.9. The van der Waals surface area contributed by atoms with Crippen molar-refractivity contribution in [2.45, 2.75) is 322 Å². The van der Waals surface area contributed by atoms with Crippen molar-refractivity contribution in [2.24, 2.45) is 0 Å². The number of allylic oxidation sites excluding steroid dienone is 14. The Hall–Kier alpha value is -3.41. The molecule has 0 rings (SSSR count). The Balaban J connectivity index is 4.23. The first-order chi connectivity index (χ1) is 37.0. The highest BCUT2D eigenvalue weighted by molar-refractivity contribution is 5.71. The quantitative estimate of drug-likeness (QED) is 0.0261. The zero-order valence-electron chi connectivity index (χ0n) is 49.6. The van der Waals surface area contributed by atoms with Crippen LogP contribution in [-0.2, 0) is 28.6 Å². The van der Waals surface area contributed by atoms with Crippen LogP contribution in [0.5, 0.6) is 0 Å². The molecule has 75 heavy (non-hydrogen) atoms. The number of ether oxygens (including phenoxy) is 3. The molecule has 6 nitrogen and oxygen atoms in total. The molecule has 0 bridgehead atoms. The van der Waals surface area contributed by atoms with Crippen molar-refractivity contribution >= 4 is 17.9 Å². The molecule has 0 aromatic carbocycles. The fourth-order valence-corrected chi connectivity index (χ4v) is 9.05. The zero-order valence-corrected chi connectivity index (χ0v) is 49.6. The molecule has 1 atom stereocenters. The normalized spacial score (nSPS) is 12.6. The zero-order chi connectivity index (χ0) is 54.3. The van der Waals surface area contributed by atoms with Gasteiger partial charge in [0.1, 0.15) is 13.2 Å². The molecule has 0 aliphatic rings. The van der Waals surface area contributed by atoms with Crippen LogP contribution >= 0.6 is 0 Å². The number of rotatable bonds is 58. The van der Waals surface area contributed by atoms with Gasteiger partial charge in [-0.25, -0.2) is 0 Å². The number of hydrogen-bond donors (Lipinski definition) is 0. The van der Waals surface area contributed by atoms with E-state index in [1.807, 2.05) is 0 Å². The molecular formula is C69H120O6. The number of unbranched alkanes of at least 4 members (excludes halogenated alkanes) is 33. The van der Waals surface area contributed by atoms with Gasteiger partial charge in [0.15, 0.2) is 6.10 Å². The number of carbonyl (C=O) groups is 3. The molecule has 1 unspecified atom stereocenters. The van der Waals surface area contributed by atoms with Crippen molar-refractivity contribution < 1.29 is 28.6 Å². The topological polar surface area (TPSA) is 78.9 Å². The first-order valence-corrected chi connectivity index (χ1v) is 32.1. The van der Waals surface area contributed by atoms with Crippen LogP contribution in [0.25, 0.3) is 0 Å². The fourth-order valence-electron chi connectivity index (χ4n) is 9.05. The molecule has 0 saturated heterocycles. The van der Waals surface area contributed by atoms with Crippen LogP contribution in [-0.4, -0.2) is 37.2 Å². The van der Waals surface area contributed by atoms with Crippen LogP contribution in [0, 0.1) is 0 Å². The molecule has 0 aliphatic carbocycles. The Morgan fingerprint density at radius 1 is 0.280 bits per heavy atom. The molecule has 0 fully saturated rings. The van der Waals surface area contributed by atoms with Crippen molar-refractivity contribution in [1.82, 2.24) is 0 Å². The molecule has 432 valence electrons. The molecule has 0 spiro atoms. The van der Waals surface area contributed by atoms with E-state index in [1.165, 1.54) is 180 Å². The molecule has 0 N–H and O–H groups in total. The van der Waals surface area contributed by atoms with Gasteiger partial charge in [-0.1, -0.05) is 266 Å². The van der Waals surface area contributed by atoms with Gasteiger partial charge < -0.3 is 14.2 Å². The molecule has 0 amide bonds. The Bertz CT molecular complexity index is 1430. The van der Waals surface area contributed by atoms with Crippen LogP contribution in [0.15, 0.2) is 85.1 Å². The lowest BCUT2D eigenvalue weighted by atomic mass is 10.0. The summed E-state index contributed by atoms with van der Waals surface area (Å²) in [4.78, 5) is 38.2. The highest BCUT2D eigenvalue weighted by Gasteiger charge is 2.19. The van der Waals surface area contributed by atoms with Crippen molar-refractivity contribution in [3.8, 4) is 0 Å². The summed E-state index contributed by atoms with van der Waals surface area (Å²) in [6, 6.07) is 0. The maximum atomic E-state index is 12.9. The summed E-state index contributed by atoms with van der Waals surface area (Å²) in [7, 11) is 0. The minimum absolute atomic E-state index is 0.0940. The van der Waals surface area contributed by atoms with E-state index in [4.69, 9.17) is 14.2 Å². The van der Waals surface area contributed by atoms with E-state index < -0.39 is 6.10 Å². The predicted molar refractivity (Wildman–Crippen MR) is 325 cm³/mol. The third-order valence-electron chi connectivity index (χ3n) is 13.9. The predicted octanol–water partition coefficient (Wildman–Crippen LogP) is 21.9. The highest BCUT2D eigenvalue weighted by Crippen LogP contribution is 2.16. The molecule has 0 aromatic heterocycles. The molecular weight excluding hydrogens is 925 g/mol. The van der Waals surface area contributed by atoms with E-state index >= 15 is 0 Å². The van der Waals surface area contributed by atoms with Crippen LogP contribution < -0.4 is 0 Å². The third-order valence-corrected chi connectivity index (χ3v) is 13.9. The van der Waals surface area contributed by atoms with Gasteiger partial charge in [-0.15, -0.1) is 0 Å². The SMILES string of the molecule is CC/C=C\C/C=C\C/C=C\C/C=C\CCCCC(=O)OC(COC(=O)CCCCCCC/C=C\CCCCCC)COC(=O)CCCCCCCCCCCCCCCCCCC/C=C\C/C=C\CCCCCCC. The Morgan fingerprint density at radius 3 is 0.867 bits per heavy atom. The lowest BCUT2D eigenvalue weighted by Crippen LogP contribution is -2.30. The van der Waals surface area contributed by atoms with Crippen LogP contribution in [0.1, 0.15) is 316 Å². The Kier molecular flexibility index (Phi) is 60.3. The monoisotopic (exact) mass is 1040 g/mol. The largest absolute Gasteiger partial charge is 0.462 e. The van der Waals surface area contributed by atoms with Gasteiger partial charge in [0.25, 0.3) is 0 Å². The average Bonchev–Trinajstić information content (AvgIpc) is 3.41. The lowest BCUT2D eigenvalue weighted by molar-refractivity contribution is -0.167. The molecule has 0 aromatic rings. The molecule has 0 heterocycles. The van der Waals surface area contributed by atoms with Crippen LogP contribution in [0.4, 0.5) is 0 Å². The summed E-state index contributed by atoms with van der Waals surface area (Å²) >= 11 is 0. The van der Waals surface area contributed by atoms with E-state index in [0.717, 1.165) is 89.9 Å². The maximum Gasteiger partial charge on any atom is 0.306 e. The van der Waals surface area contributed by atoms with Gasteiger partial charge in [-0.05, 0) is 116 Å². The van der Waals surface area contributed by atoms with E-state index in [1.54, 1.807) is 0 Å². The first kappa shape index (κ1) is 71.6. The smallest absolute Gasteiger partial charge is 0.306 e. The van der Waals surface area contributed by atoms with E-state index in [-0.39, 0.29) is 37.5 Å².